The molecule has 0 bridgehead atoms. The van der Waals surface area contributed by atoms with E-state index in [0.717, 1.165) is 5.75 Å². The van der Waals surface area contributed by atoms with Crippen molar-refractivity contribution in [1.29, 1.82) is 0 Å². The van der Waals surface area contributed by atoms with Crippen LogP contribution in [0.3, 0.4) is 0 Å². The highest BCUT2D eigenvalue weighted by atomic mass is 16.5. The molecule has 1 rings (SSSR count). The summed E-state index contributed by atoms with van der Waals surface area (Å²) in [7, 11) is 0. The number of rotatable bonds is 7. The first kappa shape index (κ1) is 14.5. The van der Waals surface area contributed by atoms with Gasteiger partial charge in [-0.25, -0.2) is 0 Å². The van der Waals surface area contributed by atoms with Crippen molar-refractivity contribution < 1.29 is 14.6 Å². The van der Waals surface area contributed by atoms with Crippen molar-refractivity contribution in [2.75, 3.05) is 13.2 Å². The SMILES string of the molecule is Cc1ccc(OCC(C)NCC(N)C(=O)O)cc1. The number of ether oxygens (including phenoxy) is 1. The topological polar surface area (TPSA) is 84.6 Å². The molecule has 0 aliphatic rings. The molecule has 0 heterocycles. The van der Waals surface area contributed by atoms with Gasteiger partial charge in [-0.15, -0.1) is 0 Å². The Kier molecular flexibility index (Phi) is 5.61. The highest BCUT2D eigenvalue weighted by Crippen LogP contribution is 2.11. The fraction of sp³-hybridized carbons (Fsp3) is 0.462. The van der Waals surface area contributed by atoms with Gasteiger partial charge in [-0.1, -0.05) is 17.7 Å². The van der Waals surface area contributed by atoms with Gasteiger partial charge in [0.2, 0.25) is 0 Å². The van der Waals surface area contributed by atoms with Gasteiger partial charge in [-0.3, -0.25) is 4.79 Å². The second-order valence-corrected chi connectivity index (χ2v) is 4.38. The number of nitrogens with two attached hydrogens (primary N) is 1. The summed E-state index contributed by atoms with van der Waals surface area (Å²) in [5.41, 5.74) is 6.57. The summed E-state index contributed by atoms with van der Waals surface area (Å²) in [6.45, 7) is 4.63. The van der Waals surface area contributed by atoms with Gasteiger partial charge in [-0.05, 0) is 26.0 Å². The third kappa shape index (κ3) is 5.16. The lowest BCUT2D eigenvalue weighted by Crippen LogP contribution is -2.44. The second-order valence-electron chi connectivity index (χ2n) is 4.38. The molecule has 1 aromatic carbocycles. The monoisotopic (exact) mass is 252 g/mol. The maximum atomic E-state index is 10.5. The molecule has 0 fully saturated rings. The lowest BCUT2D eigenvalue weighted by Gasteiger charge is -2.16. The van der Waals surface area contributed by atoms with E-state index in [0.29, 0.717) is 6.61 Å². The van der Waals surface area contributed by atoms with Crippen LogP contribution in [0, 0.1) is 6.92 Å². The van der Waals surface area contributed by atoms with E-state index in [2.05, 4.69) is 5.32 Å². The maximum Gasteiger partial charge on any atom is 0.321 e. The van der Waals surface area contributed by atoms with Gasteiger partial charge in [0.05, 0.1) is 0 Å². The van der Waals surface area contributed by atoms with Crippen molar-refractivity contribution >= 4 is 5.97 Å². The first-order chi connectivity index (χ1) is 8.49. The molecule has 0 saturated carbocycles. The van der Waals surface area contributed by atoms with Crippen LogP contribution < -0.4 is 15.8 Å². The Morgan fingerprint density at radius 3 is 2.61 bits per heavy atom. The standard InChI is InChI=1S/C13H20N2O3/c1-9-3-5-11(6-4-9)18-8-10(2)15-7-12(14)13(16)17/h3-6,10,12,15H,7-8,14H2,1-2H3,(H,16,17). The van der Waals surface area contributed by atoms with Crippen molar-refractivity contribution in [3.05, 3.63) is 29.8 Å². The Hall–Kier alpha value is -1.59. The number of hydrogen-bond acceptors (Lipinski definition) is 4. The molecular formula is C13H20N2O3. The Morgan fingerprint density at radius 1 is 1.44 bits per heavy atom. The summed E-state index contributed by atoms with van der Waals surface area (Å²) in [4.78, 5) is 10.5. The Bertz CT molecular complexity index is 378. The van der Waals surface area contributed by atoms with Crippen molar-refractivity contribution in [2.45, 2.75) is 25.9 Å². The van der Waals surface area contributed by atoms with Gasteiger partial charge >= 0.3 is 5.97 Å². The molecule has 0 amide bonds. The van der Waals surface area contributed by atoms with Crippen LogP contribution >= 0.6 is 0 Å². The number of carboxylic acid groups (broad SMARTS) is 1. The number of aliphatic carboxylic acids is 1. The third-order valence-electron chi connectivity index (χ3n) is 2.52. The van der Waals surface area contributed by atoms with Gasteiger partial charge in [0.15, 0.2) is 0 Å². The predicted octanol–water partition coefficient (Wildman–Crippen LogP) is 0.764. The average Bonchev–Trinajstić information content (AvgIpc) is 2.35. The molecule has 5 nitrogen and oxygen atoms in total. The molecule has 0 aliphatic heterocycles. The van der Waals surface area contributed by atoms with E-state index in [-0.39, 0.29) is 12.6 Å². The van der Waals surface area contributed by atoms with Gasteiger partial charge in [0.25, 0.3) is 0 Å². The van der Waals surface area contributed by atoms with E-state index < -0.39 is 12.0 Å². The molecule has 0 radical (unpaired) electrons. The minimum atomic E-state index is -1.01. The summed E-state index contributed by atoms with van der Waals surface area (Å²) in [6.07, 6.45) is 0. The fourth-order valence-electron chi connectivity index (χ4n) is 1.33. The smallest absolute Gasteiger partial charge is 0.321 e. The molecule has 1 aromatic rings. The molecule has 0 aliphatic carbocycles. The van der Waals surface area contributed by atoms with Crippen molar-refractivity contribution in [2.24, 2.45) is 5.73 Å². The van der Waals surface area contributed by atoms with Gasteiger partial charge in [0, 0.05) is 12.6 Å². The quantitative estimate of drug-likeness (QED) is 0.667. The molecule has 2 atom stereocenters. The summed E-state index contributed by atoms with van der Waals surface area (Å²) >= 11 is 0. The maximum absolute atomic E-state index is 10.5. The highest BCUT2D eigenvalue weighted by molar-refractivity contribution is 5.73. The van der Waals surface area contributed by atoms with Crippen molar-refractivity contribution in [3.8, 4) is 5.75 Å². The van der Waals surface area contributed by atoms with E-state index in [1.807, 2.05) is 38.1 Å². The number of nitrogens with one attached hydrogen (secondary N) is 1. The van der Waals surface area contributed by atoms with Gasteiger partial charge in [-0.2, -0.15) is 0 Å². The Morgan fingerprint density at radius 2 is 2.06 bits per heavy atom. The van der Waals surface area contributed by atoms with Crippen molar-refractivity contribution in [3.63, 3.8) is 0 Å². The number of hydrogen-bond donors (Lipinski definition) is 3. The van der Waals surface area contributed by atoms with Crippen molar-refractivity contribution in [1.82, 2.24) is 5.32 Å². The molecule has 18 heavy (non-hydrogen) atoms. The zero-order chi connectivity index (χ0) is 13.5. The molecular weight excluding hydrogens is 232 g/mol. The lowest BCUT2D eigenvalue weighted by molar-refractivity contribution is -0.138. The molecule has 0 saturated heterocycles. The highest BCUT2D eigenvalue weighted by Gasteiger charge is 2.12. The van der Waals surface area contributed by atoms with E-state index in [1.165, 1.54) is 5.56 Å². The zero-order valence-corrected chi connectivity index (χ0v) is 10.7. The molecule has 4 N–H and O–H groups in total. The third-order valence-corrected chi connectivity index (χ3v) is 2.52. The zero-order valence-electron chi connectivity index (χ0n) is 10.7. The lowest BCUT2D eigenvalue weighted by atomic mass is 10.2. The molecule has 5 heteroatoms. The van der Waals surface area contributed by atoms with E-state index >= 15 is 0 Å². The summed E-state index contributed by atoms with van der Waals surface area (Å²) in [6, 6.07) is 6.93. The van der Waals surface area contributed by atoms with E-state index in [1.54, 1.807) is 0 Å². The van der Waals surface area contributed by atoms with Crippen LogP contribution in [0.4, 0.5) is 0 Å². The van der Waals surface area contributed by atoms with E-state index in [9.17, 15) is 4.79 Å². The summed E-state index contributed by atoms with van der Waals surface area (Å²) in [5.74, 6) is -0.203. The largest absolute Gasteiger partial charge is 0.492 e. The Balaban J connectivity index is 2.26. The predicted molar refractivity (Wildman–Crippen MR) is 69.7 cm³/mol. The van der Waals surface area contributed by atoms with Crippen LogP contribution in [0.15, 0.2) is 24.3 Å². The number of carboxylic acids is 1. The molecule has 2 unspecified atom stereocenters. The molecule has 0 aromatic heterocycles. The second kappa shape index (κ2) is 6.98. The minimum Gasteiger partial charge on any atom is -0.492 e. The number of carbonyl (C=O) groups is 1. The Labute approximate surface area is 107 Å². The molecule has 0 spiro atoms. The van der Waals surface area contributed by atoms with Crippen LogP contribution in [0.5, 0.6) is 5.75 Å². The van der Waals surface area contributed by atoms with Crippen LogP contribution in [-0.2, 0) is 4.79 Å². The van der Waals surface area contributed by atoms with Crippen LogP contribution in [0.25, 0.3) is 0 Å². The number of aryl methyl sites for hydroxylation is 1. The van der Waals surface area contributed by atoms with Crippen LogP contribution in [0.2, 0.25) is 0 Å². The van der Waals surface area contributed by atoms with Crippen LogP contribution in [-0.4, -0.2) is 36.3 Å². The molecule has 100 valence electrons. The van der Waals surface area contributed by atoms with E-state index in [4.69, 9.17) is 15.6 Å². The number of benzene rings is 1. The van der Waals surface area contributed by atoms with Gasteiger partial charge in [0.1, 0.15) is 18.4 Å². The first-order valence-corrected chi connectivity index (χ1v) is 5.90. The fourth-order valence-corrected chi connectivity index (χ4v) is 1.33. The first-order valence-electron chi connectivity index (χ1n) is 5.90. The summed E-state index contributed by atoms with van der Waals surface area (Å²) in [5, 5.41) is 11.6. The van der Waals surface area contributed by atoms with Gasteiger partial charge < -0.3 is 20.9 Å². The minimum absolute atomic E-state index is 0.0386. The van der Waals surface area contributed by atoms with Crippen LogP contribution in [0.1, 0.15) is 12.5 Å². The average molecular weight is 252 g/mol. The summed E-state index contributed by atoms with van der Waals surface area (Å²) < 4.78 is 5.56. The normalized spacial score (nSPS) is 13.9.